The molecule has 4 aromatic heterocycles. The lowest BCUT2D eigenvalue weighted by Gasteiger charge is -2.06. The Morgan fingerprint density at radius 2 is 2.03 bits per heavy atom. The molecule has 0 saturated carbocycles. The number of halogens is 1. The minimum absolute atomic E-state index is 0.162. The quantitative estimate of drug-likeness (QED) is 0.472. The molecule has 0 radical (unpaired) electrons. The van der Waals surface area contributed by atoms with Crippen LogP contribution in [0.4, 0.5) is 5.13 Å². The molecule has 0 bridgehead atoms. The van der Waals surface area contributed by atoms with Crippen LogP contribution in [0.5, 0.6) is 0 Å². The van der Waals surface area contributed by atoms with Crippen molar-refractivity contribution in [1.29, 1.82) is 0 Å². The molecular formula is C18H17ClN6O3S2. The number of thiophene rings is 1. The molecule has 0 fully saturated rings. The fraction of sp³-hybridized carbons (Fsp3) is 0.278. The van der Waals surface area contributed by atoms with Crippen molar-refractivity contribution in [2.45, 2.75) is 19.4 Å². The normalized spacial score (nSPS) is 11.3. The molecule has 0 aliphatic heterocycles. The summed E-state index contributed by atoms with van der Waals surface area (Å²) in [5.41, 5.74) is 0.623. The van der Waals surface area contributed by atoms with Gasteiger partial charge in [-0.1, -0.05) is 11.6 Å². The van der Waals surface area contributed by atoms with Crippen molar-refractivity contribution in [3.8, 4) is 10.6 Å². The molecule has 4 heterocycles. The summed E-state index contributed by atoms with van der Waals surface area (Å²) in [5.74, 6) is -0.162. The van der Waals surface area contributed by atoms with Gasteiger partial charge in [0.25, 0.3) is 5.56 Å². The van der Waals surface area contributed by atoms with E-state index in [0.717, 1.165) is 15.1 Å². The van der Waals surface area contributed by atoms with E-state index in [1.807, 2.05) is 17.5 Å². The molecule has 12 heteroatoms. The van der Waals surface area contributed by atoms with Crippen molar-refractivity contribution in [1.82, 2.24) is 23.7 Å². The molecule has 0 aromatic carbocycles. The van der Waals surface area contributed by atoms with Gasteiger partial charge in [-0.3, -0.25) is 18.7 Å². The van der Waals surface area contributed by atoms with E-state index < -0.39 is 11.2 Å². The van der Waals surface area contributed by atoms with Gasteiger partial charge in [0.15, 0.2) is 16.3 Å². The maximum atomic E-state index is 12.4. The van der Waals surface area contributed by atoms with Crippen LogP contribution in [0.2, 0.25) is 4.34 Å². The number of carbonyl (C=O) groups is 1. The number of anilines is 1. The molecule has 0 spiro atoms. The van der Waals surface area contributed by atoms with Gasteiger partial charge in [0.05, 0.1) is 21.2 Å². The van der Waals surface area contributed by atoms with E-state index in [9.17, 15) is 14.4 Å². The summed E-state index contributed by atoms with van der Waals surface area (Å²) in [6.45, 7) is 0.425. The lowest BCUT2D eigenvalue weighted by molar-refractivity contribution is -0.116. The molecule has 0 saturated heterocycles. The predicted molar refractivity (Wildman–Crippen MR) is 119 cm³/mol. The van der Waals surface area contributed by atoms with Gasteiger partial charge in [-0.2, -0.15) is 0 Å². The summed E-state index contributed by atoms with van der Waals surface area (Å²) in [6, 6.07) is 3.70. The molecule has 0 unspecified atom stereocenters. The second-order valence-corrected chi connectivity index (χ2v) is 9.18. The molecule has 1 N–H and O–H groups in total. The number of aryl methyl sites for hydroxylation is 2. The topological polar surface area (TPSA) is 104 Å². The highest BCUT2D eigenvalue weighted by Gasteiger charge is 2.15. The molecule has 0 atom stereocenters. The number of hydrogen-bond acceptors (Lipinski definition) is 7. The van der Waals surface area contributed by atoms with Crippen LogP contribution in [0.15, 0.2) is 33.4 Å². The number of aromatic nitrogens is 5. The Labute approximate surface area is 183 Å². The molecule has 9 nitrogen and oxygen atoms in total. The first-order chi connectivity index (χ1) is 14.3. The van der Waals surface area contributed by atoms with E-state index in [2.05, 4.69) is 15.3 Å². The van der Waals surface area contributed by atoms with Crippen LogP contribution < -0.4 is 16.6 Å². The van der Waals surface area contributed by atoms with Crippen LogP contribution in [0.25, 0.3) is 21.7 Å². The van der Waals surface area contributed by atoms with Gasteiger partial charge >= 0.3 is 5.69 Å². The third-order valence-corrected chi connectivity index (χ3v) is 6.61. The third-order valence-electron chi connectivity index (χ3n) is 4.60. The molecular weight excluding hydrogens is 448 g/mol. The first-order valence-corrected chi connectivity index (χ1v) is 11.0. The monoisotopic (exact) mass is 464 g/mol. The van der Waals surface area contributed by atoms with Gasteiger partial charge < -0.3 is 9.88 Å². The van der Waals surface area contributed by atoms with E-state index in [0.29, 0.717) is 33.6 Å². The van der Waals surface area contributed by atoms with Crippen molar-refractivity contribution in [3.63, 3.8) is 0 Å². The highest BCUT2D eigenvalue weighted by molar-refractivity contribution is 7.20. The zero-order chi connectivity index (χ0) is 21.4. The number of thiazole rings is 1. The minimum Gasteiger partial charge on any atom is -0.325 e. The van der Waals surface area contributed by atoms with E-state index in [-0.39, 0.29) is 12.3 Å². The Balaban J connectivity index is 1.39. The second kappa shape index (κ2) is 8.17. The smallest absolute Gasteiger partial charge is 0.325 e. The van der Waals surface area contributed by atoms with E-state index in [1.165, 1.54) is 40.6 Å². The number of fused-ring (bicyclic) bond motifs is 1. The predicted octanol–water partition coefficient (Wildman–Crippen LogP) is 2.69. The summed E-state index contributed by atoms with van der Waals surface area (Å²) < 4.78 is 4.74. The van der Waals surface area contributed by atoms with Gasteiger partial charge in [-0.05, 0) is 18.6 Å². The van der Waals surface area contributed by atoms with Gasteiger partial charge in [-0.25, -0.2) is 14.8 Å². The van der Waals surface area contributed by atoms with Crippen LogP contribution >= 0.6 is 34.3 Å². The standard InChI is InChI=1S/C18H17ClN6O3S2/c1-23-15-14(16(27)24(2)18(23)28)25(9-20-15)7-3-4-13(26)22-17-21-10(8-29-17)11-5-6-12(19)30-11/h5-6,8-9H,3-4,7H2,1-2H3,(H,21,22,26). The Hall–Kier alpha value is -2.76. The lowest BCUT2D eigenvalue weighted by atomic mass is 10.3. The second-order valence-electron chi connectivity index (χ2n) is 6.61. The molecule has 156 valence electrons. The Morgan fingerprint density at radius 3 is 2.77 bits per heavy atom. The van der Waals surface area contributed by atoms with E-state index in [4.69, 9.17) is 11.6 Å². The maximum absolute atomic E-state index is 12.4. The molecule has 4 aromatic rings. The van der Waals surface area contributed by atoms with Crippen LogP contribution in [0.1, 0.15) is 12.8 Å². The summed E-state index contributed by atoms with van der Waals surface area (Å²) in [6.07, 6.45) is 2.27. The average molecular weight is 465 g/mol. The van der Waals surface area contributed by atoms with Crippen LogP contribution in [-0.2, 0) is 25.4 Å². The number of nitrogens with one attached hydrogen (secondary N) is 1. The largest absolute Gasteiger partial charge is 0.332 e. The highest BCUT2D eigenvalue weighted by atomic mass is 35.5. The Bertz CT molecular complexity index is 1360. The van der Waals surface area contributed by atoms with Crippen LogP contribution in [-0.4, -0.2) is 29.6 Å². The summed E-state index contributed by atoms with van der Waals surface area (Å²) in [4.78, 5) is 46.2. The Morgan fingerprint density at radius 1 is 1.23 bits per heavy atom. The number of hydrogen-bond donors (Lipinski definition) is 1. The van der Waals surface area contributed by atoms with E-state index in [1.54, 1.807) is 11.6 Å². The summed E-state index contributed by atoms with van der Waals surface area (Å²) >= 11 is 8.73. The first-order valence-electron chi connectivity index (χ1n) is 8.97. The molecule has 0 aliphatic rings. The van der Waals surface area contributed by atoms with Crippen LogP contribution in [0, 0.1) is 0 Å². The fourth-order valence-corrected chi connectivity index (χ4v) is 4.86. The van der Waals surface area contributed by atoms with Crippen molar-refractivity contribution < 1.29 is 4.79 Å². The van der Waals surface area contributed by atoms with Crippen molar-refractivity contribution >= 4 is 56.5 Å². The zero-order valence-corrected chi connectivity index (χ0v) is 18.5. The molecule has 4 rings (SSSR count). The SMILES string of the molecule is Cn1c(=O)c2c(ncn2CCCC(=O)Nc2nc(-c3ccc(Cl)s3)cs2)n(C)c1=O. The zero-order valence-electron chi connectivity index (χ0n) is 16.1. The Kier molecular flexibility index (Phi) is 5.58. The number of nitrogens with zero attached hydrogens (tertiary/aromatic N) is 5. The lowest BCUT2D eigenvalue weighted by Crippen LogP contribution is -2.37. The van der Waals surface area contributed by atoms with Crippen molar-refractivity contribution in [3.05, 3.63) is 49.0 Å². The third kappa shape index (κ3) is 3.83. The summed E-state index contributed by atoms with van der Waals surface area (Å²) in [7, 11) is 3.00. The molecule has 30 heavy (non-hydrogen) atoms. The van der Waals surface area contributed by atoms with Crippen molar-refractivity contribution in [2.75, 3.05) is 5.32 Å². The molecule has 1 amide bonds. The van der Waals surface area contributed by atoms with Crippen LogP contribution in [0.3, 0.4) is 0 Å². The maximum Gasteiger partial charge on any atom is 0.332 e. The first kappa shape index (κ1) is 20.5. The van der Waals surface area contributed by atoms with Gasteiger partial charge in [-0.15, -0.1) is 22.7 Å². The van der Waals surface area contributed by atoms with Gasteiger partial charge in [0.1, 0.15) is 0 Å². The molecule has 0 aliphatic carbocycles. The van der Waals surface area contributed by atoms with E-state index >= 15 is 0 Å². The fourth-order valence-electron chi connectivity index (χ4n) is 3.05. The van der Waals surface area contributed by atoms with Gasteiger partial charge in [0.2, 0.25) is 5.91 Å². The average Bonchev–Trinajstić information content (AvgIpc) is 3.44. The van der Waals surface area contributed by atoms with Gasteiger partial charge in [0, 0.05) is 32.4 Å². The number of rotatable bonds is 6. The minimum atomic E-state index is -0.426. The number of imidazole rings is 1. The number of carbonyl (C=O) groups excluding carboxylic acids is 1. The number of amides is 1. The van der Waals surface area contributed by atoms with Crippen molar-refractivity contribution in [2.24, 2.45) is 14.1 Å². The summed E-state index contributed by atoms with van der Waals surface area (Å²) in [5, 5.41) is 5.19. The highest BCUT2D eigenvalue weighted by Crippen LogP contribution is 2.32.